The van der Waals surface area contributed by atoms with Gasteiger partial charge in [-0.2, -0.15) is 0 Å². The molecule has 1 rings (SSSR count). The van der Waals surface area contributed by atoms with Crippen molar-refractivity contribution in [2.24, 2.45) is 0 Å². The Morgan fingerprint density at radius 3 is 2.65 bits per heavy atom. The van der Waals surface area contributed by atoms with E-state index in [1.165, 1.54) is 4.57 Å². The van der Waals surface area contributed by atoms with E-state index in [0.717, 1.165) is 11.3 Å². The molecule has 0 fully saturated rings. The van der Waals surface area contributed by atoms with Gasteiger partial charge in [-0.1, -0.05) is 18.7 Å². The third kappa shape index (κ3) is 3.63. The normalized spacial score (nSPS) is 12.4. The number of allylic oxidation sites excluding steroid dienone is 3. The van der Waals surface area contributed by atoms with Gasteiger partial charge < -0.3 is 4.74 Å². The van der Waals surface area contributed by atoms with E-state index in [1.54, 1.807) is 12.3 Å². The first-order valence-electron chi connectivity index (χ1n) is 5.55. The van der Waals surface area contributed by atoms with Crippen molar-refractivity contribution in [2.75, 3.05) is 0 Å². The van der Waals surface area contributed by atoms with E-state index >= 15 is 0 Å². The van der Waals surface area contributed by atoms with Gasteiger partial charge in [0.15, 0.2) is 0 Å². The van der Waals surface area contributed by atoms with E-state index in [-0.39, 0.29) is 6.09 Å². The highest BCUT2D eigenvalue weighted by atomic mass is 16.6. The second-order valence-electron chi connectivity index (χ2n) is 4.83. The molecule has 0 saturated heterocycles. The van der Waals surface area contributed by atoms with Crippen LogP contribution in [0.2, 0.25) is 0 Å². The van der Waals surface area contributed by atoms with E-state index in [1.807, 2.05) is 45.9 Å². The molecule has 0 unspecified atom stereocenters. The molecule has 0 bridgehead atoms. The molecular formula is C14H19NO2. The zero-order valence-electron chi connectivity index (χ0n) is 10.9. The Morgan fingerprint density at radius 2 is 2.12 bits per heavy atom. The fourth-order valence-electron chi connectivity index (χ4n) is 1.43. The molecule has 0 aromatic carbocycles. The molecule has 0 spiro atoms. The molecule has 3 heteroatoms. The number of nitrogens with zero attached hydrogens (tertiary/aromatic N) is 1. The van der Waals surface area contributed by atoms with Crippen molar-refractivity contribution >= 4 is 11.7 Å². The maximum absolute atomic E-state index is 11.9. The Balaban J connectivity index is 3.00. The SMILES string of the molecule is C=C/C=C(\C)c1cccn1C(=O)OC(C)(C)C. The molecule has 0 saturated carbocycles. The van der Waals surface area contributed by atoms with Crippen molar-refractivity contribution in [2.45, 2.75) is 33.3 Å². The molecule has 3 nitrogen and oxygen atoms in total. The molecule has 1 aromatic heterocycles. The Morgan fingerprint density at radius 1 is 1.47 bits per heavy atom. The highest BCUT2D eigenvalue weighted by Crippen LogP contribution is 2.17. The minimum Gasteiger partial charge on any atom is -0.443 e. The fraction of sp³-hybridized carbons (Fsp3) is 0.357. The summed E-state index contributed by atoms with van der Waals surface area (Å²) in [6, 6.07) is 3.69. The molecule has 17 heavy (non-hydrogen) atoms. The van der Waals surface area contributed by atoms with Gasteiger partial charge in [-0.25, -0.2) is 4.79 Å². The summed E-state index contributed by atoms with van der Waals surface area (Å²) in [5, 5.41) is 0. The van der Waals surface area contributed by atoms with Gasteiger partial charge in [0.05, 0.1) is 5.69 Å². The summed E-state index contributed by atoms with van der Waals surface area (Å²) in [6.45, 7) is 11.1. The van der Waals surface area contributed by atoms with Crippen molar-refractivity contribution in [1.29, 1.82) is 0 Å². The molecule has 0 amide bonds. The number of ether oxygens (including phenoxy) is 1. The molecule has 0 atom stereocenters. The maximum Gasteiger partial charge on any atom is 0.418 e. The monoisotopic (exact) mass is 233 g/mol. The molecule has 0 aliphatic heterocycles. The number of carbonyl (C=O) groups is 1. The topological polar surface area (TPSA) is 31.2 Å². The van der Waals surface area contributed by atoms with E-state index in [9.17, 15) is 4.79 Å². The Labute approximate surface area is 102 Å². The van der Waals surface area contributed by atoms with Crippen LogP contribution in [0.1, 0.15) is 33.4 Å². The number of hydrogen-bond donors (Lipinski definition) is 0. The highest BCUT2D eigenvalue weighted by molar-refractivity contribution is 5.77. The number of aromatic nitrogens is 1. The highest BCUT2D eigenvalue weighted by Gasteiger charge is 2.19. The summed E-state index contributed by atoms with van der Waals surface area (Å²) in [6.07, 6.45) is 4.89. The average molecular weight is 233 g/mol. The fourth-order valence-corrected chi connectivity index (χ4v) is 1.43. The maximum atomic E-state index is 11.9. The zero-order valence-corrected chi connectivity index (χ0v) is 10.9. The van der Waals surface area contributed by atoms with Crippen LogP contribution in [0.25, 0.3) is 5.57 Å². The summed E-state index contributed by atoms with van der Waals surface area (Å²) >= 11 is 0. The minimum atomic E-state index is -0.491. The van der Waals surface area contributed by atoms with Crippen LogP contribution in [0.3, 0.4) is 0 Å². The first-order valence-corrected chi connectivity index (χ1v) is 5.55. The Bertz CT molecular complexity index is 447. The molecule has 1 heterocycles. The molecule has 1 aromatic rings. The summed E-state index contributed by atoms with van der Waals surface area (Å²) in [7, 11) is 0. The van der Waals surface area contributed by atoms with Crippen molar-refractivity contribution < 1.29 is 9.53 Å². The van der Waals surface area contributed by atoms with Gasteiger partial charge in [0.2, 0.25) is 0 Å². The second-order valence-corrected chi connectivity index (χ2v) is 4.83. The number of hydrogen-bond acceptors (Lipinski definition) is 2. The predicted octanol–water partition coefficient (Wildman–Crippen LogP) is 3.86. The van der Waals surface area contributed by atoms with Gasteiger partial charge in [0, 0.05) is 6.20 Å². The van der Waals surface area contributed by atoms with Crippen LogP contribution in [0.5, 0.6) is 0 Å². The third-order valence-electron chi connectivity index (χ3n) is 2.11. The third-order valence-corrected chi connectivity index (χ3v) is 2.11. The van der Waals surface area contributed by atoms with Crippen LogP contribution in [0.15, 0.2) is 37.1 Å². The van der Waals surface area contributed by atoms with Gasteiger partial charge in [-0.15, -0.1) is 0 Å². The first-order chi connectivity index (χ1) is 7.85. The standard InChI is InChI=1S/C14H19NO2/c1-6-8-11(2)12-9-7-10-15(12)13(16)17-14(3,4)5/h6-10H,1H2,2-5H3/b11-8+. The number of rotatable bonds is 2. The summed E-state index contributed by atoms with van der Waals surface area (Å²) < 4.78 is 6.82. The largest absolute Gasteiger partial charge is 0.443 e. The van der Waals surface area contributed by atoms with Crippen molar-refractivity contribution in [1.82, 2.24) is 4.57 Å². The van der Waals surface area contributed by atoms with Crippen molar-refractivity contribution in [3.05, 3.63) is 42.8 Å². The lowest BCUT2D eigenvalue weighted by atomic mass is 10.2. The average Bonchev–Trinajstić information content (AvgIpc) is 2.63. The quantitative estimate of drug-likeness (QED) is 0.726. The molecule has 92 valence electrons. The summed E-state index contributed by atoms with van der Waals surface area (Å²) in [4.78, 5) is 11.9. The van der Waals surface area contributed by atoms with Crippen molar-refractivity contribution in [3.8, 4) is 0 Å². The van der Waals surface area contributed by atoms with Gasteiger partial charge in [0.25, 0.3) is 0 Å². The van der Waals surface area contributed by atoms with E-state index in [0.29, 0.717) is 0 Å². The van der Waals surface area contributed by atoms with Crippen molar-refractivity contribution in [3.63, 3.8) is 0 Å². The van der Waals surface area contributed by atoms with Gasteiger partial charge in [0.1, 0.15) is 5.60 Å². The zero-order chi connectivity index (χ0) is 13.1. The second kappa shape index (κ2) is 5.04. The molecular weight excluding hydrogens is 214 g/mol. The summed E-state index contributed by atoms with van der Waals surface area (Å²) in [5.74, 6) is 0. The minimum absolute atomic E-state index is 0.366. The van der Waals surface area contributed by atoms with Gasteiger partial charge in [-0.3, -0.25) is 4.57 Å². The van der Waals surface area contributed by atoms with Crippen LogP contribution < -0.4 is 0 Å². The lowest BCUT2D eigenvalue weighted by Gasteiger charge is -2.20. The van der Waals surface area contributed by atoms with Crippen LogP contribution in [0.4, 0.5) is 4.79 Å². The van der Waals surface area contributed by atoms with E-state index in [4.69, 9.17) is 4.74 Å². The lowest BCUT2D eigenvalue weighted by molar-refractivity contribution is 0.0536. The summed E-state index contributed by atoms with van der Waals surface area (Å²) in [5.41, 5.74) is 1.30. The predicted molar refractivity (Wildman–Crippen MR) is 69.9 cm³/mol. The van der Waals surface area contributed by atoms with Crippen LogP contribution in [0, 0.1) is 0 Å². The van der Waals surface area contributed by atoms with Crippen LogP contribution >= 0.6 is 0 Å². The molecule has 0 aliphatic rings. The van der Waals surface area contributed by atoms with Gasteiger partial charge >= 0.3 is 6.09 Å². The Kier molecular flexibility index (Phi) is 3.94. The van der Waals surface area contributed by atoms with Crippen LogP contribution in [-0.4, -0.2) is 16.3 Å². The van der Waals surface area contributed by atoms with Crippen LogP contribution in [-0.2, 0) is 4.74 Å². The van der Waals surface area contributed by atoms with E-state index in [2.05, 4.69) is 6.58 Å². The Hall–Kier alpha value is -1.77. The molecule has 0 radical (unpaired) electrons. The van der Waals surface area contributed by atoms with E-state index < -0.39 is 5.60 Å². The number of carbonyl (C=O) groups excluding carboxylic acids is 1. The van der Waals surface area contributed by atoms with Gasteiger partial charge in [-0.05, 0) is 45.4 Å². The first kappa shape index (κ1) is 13.3. The smallest absolute Gasteiger partial charge is 0.418 e. The lowest BCUT2D eigenvalue weighted by Crippen LogP contribution is -2.27. The molecule has 0 aliphatic carbocycles. The molecule has 0 N–H and O–H groups in total.